The summed E-state index contributed by atoms with van der Waals surface area (Å²) in [5, 5.41) is 0. The first-order chi connectivity index (χ1) is 12.4. The van der Waals surface area contributed by atoms with E-state index in [4.69, 9.17) is 4.74 Å². The van der Waals surface area contributed by atoms with Crippen molar-refractivity contribution >= 4 is 17.5 Å². The van der Waals surface area contributed by atoms with Gasteiger partial charge in [0.05, 0.1) is 0 Å². The molecule has 0 aromatic rings. The summed E-state index contributed by atoms with van der Waals surface area (Å²) in [7, 11) is 0. The third-order valence-electron chi connectivity index (χ3n) is 9.31. The van der Waals surface area contributed by atoms with Crippen LogP contribution in [-0.4, -0.2) is 17.5 Å². The number of carbonyl (C=O) groups excluding carboxylic acids is 3. The standard InChI is InChI=1S/C23H30O4/c1-20(2)15-7-9-22(20,5)18(25)13(15)11-17(24)27-12-14-16-8-10-23(6,19(14)26)21(16,3)4/h11-12,15-16H,7-10H2,1-6H3/b13-11-,14-12-/t15-,16+,22-,23+/m1/s1. The van der Waals surface area contributed by atoms with Crippen molar-refractivity contribution in [3.05, 3.63) is 23.5 Å². The minimum absolute atomic E-state index is 0.0815. The third-order valence-corrected chi connectivity index (χ3v) is 9.31. The zero-order chi connectivity index (χ0) is 20.0. The molecule has 4 saturated carbocycles. The lowest BCUT2D eigenvalue weighted by molar-refractivity contribution is -0.133. The number of allylic oxidation sites excluding steroid dienone is 2. The van der Waals surface area contributed by atoms with Crippen LogP contribution >= 0.6 is 0 Å². The summed E-state index contributed by atoms with van der Waals surface area (Å²) >= 11 is 0. The smallest absolute Gasteiger partial charge is 0.335 e. The highest BCUT2D eigenvalue weighted by Crippen LogP contribution is 2.66. The van der Waals surface area contributed by atoms with E-state index in [9.17, 15) is 14.4 Å². The van der Waals surface area contributed by atoms with Crippen LogP contribution in [0, 0.1) is 33.5 Å². The van der Waals surface area contributed by atoms with Gasteiger partial charge in [0.1, 0.15) is 6.26 Å². The normalized spacial score (nSPS) is 43.9. The van der Waals surface area contributed by atoms with Gasteiger partial charge in [0.25, 0.3) is 0 Å². The Morgan fingerprint density at radius 1 is 0.852 bits per heavy atom. The minimum Gasteiger partial charge on any atom is -0.431 e. The van der Waals surface area contributed by atoms with Crippen molar-refractivity contribution in [3.8, 4) is 0 Å². The predicted molar refractivity (Wildman–Crippen MR) is 101 cm³/mol. The lowest BCUT2D eigenvalue weighted by Gasteiger charge is -2.31. The van der Waals surface area contributed by atoms with Gasteiger partial charge in [-0.05, 0) is 48.3 Å². The van der Waals surface area contributed by atoms with Gasteiger partial charge < -0.3 is 4.74 Å². The molecule has 0 aromatic carbocycles. The van der Waals surface area contributed by atoms with Crippen molar-refractivity contribution in [2.45, 2.75) is 67.2 Å². The fourth-order valence-electron chi connectivity index (χ4n) is 6.44. The van der Waals surface area contributed by atoms with Gasteiger partial charge in [-0.1, -0.05) is 41.5 Å². The molecule has 0 spiro atoms. The van der Waals surface area contributed by atoms with Crippen LogP contribution in [0.3, 0.4) is 0 Å². The summed E-state index contributed by atoms with van der Waals surface area (Å²) < 4.78 is 5.36. The van der Waals surface area contributed by atoms with Crippen LogP contribution in [0.4, 0.5) is 0 Å². The number of esters is 1. The number of fused-ring (bicyclic) bond motifs is 4. The summed E-state index contributed by atoms with van der Waals surface area (Å²) in [6.45, 7) is 12.5. The monoisotopic (exact) mass is 370 g/mol. The topological polar surface area (TPSA) is 60.4 Å². The molecule has 4 heteroatoms. The fourth-order valence-corrected chi connectivity index (χ4v) is 6.44. The maximum absolute atomic E-state index is 12.8. The molecule has 0 aliphatic heterocycles. The van der Waals surface area contributed by atoms with Gasteiger partial charge in [0.2, 0.25) is 0 Å². The van der Waals surface area contributed by atoms with Crippen molar-refractivity contribution in [3.63, 3.8) is 0 Å². The molecule has 0 unspecified atom stereocenters. The Labute approximate surface area is 161 Å². The molecule has 4 aliphatic carbocycles. The number of ether oxygens (including phenoxy) is 1. The predicted octanol–water partition coefficient (Wildman–Crippen LogP) is 4.39. The Balaban J connectivity index is 1.55. The van der Waals surface area contributed by atoms with E-state index in [1.165, 1.54) is 12.3 Å². The first-order valence-electron chi connectivity index (χ1n) is 10.1. The van der Waals surface area contributed by atoms with E-state index < -0.39 is 5.97 Å². The molecule has 0 N–H and O–H groups in total. The van der Waals surface area contributed by atoms with Crippen LogP contribution in [0.5, 0.6) is 0 Å². The molecule has 4 rings (SSSR count). The first-order valence-corrected chi connectivity index (χ1v) is 10.1. The number of ketones is 2. The summed E-state index contributed by atoms with van der Waals surface area (Å²) in [4.78, 5) is 38.1. The van der Waals surface area contributed by atoms with Crippen molar-refractivity contribution in [2.24, 2.45) is 33.5 Å². The second kappa shape index (κ2) is 5.21. The molecule has 27 heavy (non-hydrogen) atoms. The Morgan fingerprint density at radius 3 is 1.70 bits per heavy atom. The molecule has 146 valence electrons. The summed E-state index contributed by atoms with van der Waals surface area (Å²) in [6.07, 6.45) is 6.39. The summed E-state index contributed by atoms with van der Waals surface area (Å²) in [5.41, 5.74) is 0.235. The number of hydrogen-bond donors (Lipinski definition) is 0. The first kappa shape index (κ1) is 18.6. The molecule has 4 aliphatic rings. The number of Topliss-reactive ketones (excluding diaryl/α,β-unsaturated/α-hetero) is 2. The van der Waals surface area contributed by atoms with E-state index in [1.807, 2.05) is 13.8 Å². The van der Waals surface area contributed by atoms with Gasteiger partial charge in [0, 0.05) is 28.1 Å². The largest absolute Gasteiger partial charge is 0.431 e. The Kier molecular flexibility index (Phi) is 3.60. The van der Waals surface area contributed by atoms with Crippen LogP contribution in [0.25, 0.3) is 0 Å². The van der Waals surface area contributed by atoms with E-state index >= 15 is 0 Å². The highest BCUT2D eigenvalue weighted by atomic mass is 16.5. The Morgan fingerprint density at radius 2 is 1.30 bits per heavy atom. The average Bonchev–Trinajstić information content (AvgIpc) is 3.06. The van der Waals surface area contributed by atoms with Crippen molar-refractivity contribution in [1.29, 1.82) is 0 Å². The Hall–Kier alpha value is -1.71. The fraction of sp³-hybridized carbons (Fsp3) is 0.696. The lowest BCUT2D eigenvalue weighted by atomic mass is 9.70. The molecule has 0 radical (unpaired) electrons. The van der Waals surface area contributed by atoms with Gasteiger partial charge in [-0.3, -0.25) is 9.59 Å². The second-order valence-electron chi connectivity index (χ2n) is 10.6. The molecule has 0 aromatic heterocycles. The third kappa shape index (κ3) is 2.02. The van der Waals surface area contributed by atoms with Gasteiger partial charge in [0.15, 0.2) is 11.6 Å². The van der Waals surface area contributed by atoms with E-state index in [0.717, 1.165) is 25.7 Å². The molecular weight excluding hydrogens is 340 g/mol. The molecule has 0 amide bonds. The quantitative estimate of drug-likeness (QED) is 0.411. The minimum atomic E-state index is -0.545. The van der Waals surface area contributed by atoms with Crippen molar-refractivity contribution in [1.82, 2.24) is 0 Å². The second-order valence-corrected chi connectivity index (χ2v) is 10.6. The van der Waals surface area contributed by atoms with E-state index in [-0.39, 0.29) is 45.1 Å². The van der Waals surface area contributed by atoms with E-state index in [0.29, 0.717) is 11.1 Å². The molecule has 4 atom stereocenters. The van der Waals surface area contributed by atoms with Crippen LogP contribution in [-0.2, 0) is 19.1 Å². The number of carbonyl (C=O) groups is 3. The SMILES string of the molecule is CC1(C)[C@H]2CC[C@@]1(C)C(=O)/C2=C\OC(=O)/C=C1\C(=O)[C@@]2(C)CC[C@H]1C2(C)C. The van der Waals surface area contributed by atoms with Gasteiger partial charge in [-0.15, -0.1) is 0 Å². The van der Waals surface area contributed by atoms with Crippen LogP contribution in [0.1, 0.15) is 67.2 Å². The highest BCUT2D eigenvalue weighted by Gasteiger charge is 2.65. The number of rotatable bonds is 2. The Bertz CT molecular complexity index is 827. The highest BCUT2D eigenvalue weighted by molar-refractivity contribution is 6.08. The molecular formula is C23H30O4. The van der Waals surface area contributed by atoms with Crippen LogP contribution < -0.4 is 0 Å². The van der Waals surface area contributed by atoms with Crippen LogP contribution in [0.15, 0.2) is 23.5 Å². The van der Waals surface area contributed by atoms with Crippen LogP contribution in [0.2, 0.25) is 0 Å². The van der Waals surface area contributed by atoms with Crippen molar-refractivity contribution < 1.29 is 19.1 Å². The summed E-state index contributed by atoms with van der Waals surface area (Å²) in [5.74, 6) is -0.113. The average molecular weight is 370 g/mol. The molecule has 4 fully saturated rings. The lowest BCUT2D eigenvalue weighted by Crippen LogP contribution is -2.32. The van der Waals surface area contributed by atoms with Crippen molar-refractivity contribution in [2.75, 3.05) is 0 Å². The van der Waals surface area contributed by atoms with E-state index in [1.54, 1.807) is 0 Å². The van der Waals surface area contributed by atoms with Gasteiger partial charge in [-0.2, -0.15) is 0 Å². The zero-order valence-corrected chi connectivity index (χ0v) is 17.3. The molecule has 0 saturated heterocycles. The molecule has 0 heterocycles. The maximum Gasteiger partial charge on any atom is 0.335 e. The van der Waals surface area contributed by atoms with E-state index in [2.05, 4.69) is 27.7 Å². The molecule has 4 bridgehead atoms. The maximum atomic E-state index is 12.8. The zero-order valence-electron chi connectivity index (χ0n) is 17.3. The van der Waals surface area contributed by atoms with Gasteiger partial charge >= 0.3 is 5.97 Å². The summed E-state index contributed by atoms with van der Waals surface area (Å²) in [6, 6.07) is 0. The van der Waals surface area contributed by atoms with Gasteiger partial charge in [-0.25, -0.2) is 4.79 Å². The number of hydrogen-bond acceptors (Lipinski definition) is 4. The molecule has 4 nitrogen and oxygen atoms in total.